The van der Waals surface area contributed by atoms with Crippen molar-refractivity contribution < 1.29 is 19.1 Å². The summed E-state index contributed by atoms with van der Waals surface area (Å²) >= 11 is 4.82. The number of hydrazine groups is 1. The maximum Gasteiger partial charge on any atom is 0.425 e. The Morgan fingerprint density at radius 3 is 2.35 bits per heavy atom. The molecule has 0 bridgehead atoms. The molecule has 3 N–H and O–H groups in total. The van der Waals surface area contributed by atoms with Crippen LogP contribution in [0.5, 0.6) is 5.75 Å². The summed E-state index contributed by atoms with van der Waals surface area (Å²) in [6.07, 6.45) is -0.555. The van der Waals surface area contributed by atoms with E-state index in [1.807, 2.05) is 0 Å². The number of thiocarbonyl (C=S) groups is 1. The number of nitrogens with one attached hydrogen (secondary N) is 3. The number of hydrogen-bond donors (Lipinski definition) is 3. The van der Waals surface area contributed by atoms with Crippen molar-refractivity contribution >= 4 is 29.3 Å². The van der Waals surface area contributed by atoms with Crippen molar-refractivity contribution in [3.05, 3.63) is 29.8 Å². The number of methoxy groups -OCH3 is 2. The van der Waals surface area contributed by atoms with Gasteiger partial charge in [0.05, 0.1) is 20.6 Å². The zero-order chi connectivity index (χ0) is 15.0. The van der Waals surface area contributed by atoms with Crippen LogP contribution >= 0.6 is 12.2 Å². The fraction of sp³-hybridized carbons (Fsp3) is 0.250. The topological polar surface area (TPSA) is 88.7 Å². The summed E-state index contributed by atoms with van der Waals surface area (Å²) in [5, 5.41) is 2.40. The number of amides is 2. The minimum atomic E-state index is -0.711. The van der Waals surface area contributed by atoms with E-state index in [0.717, 1.165) is 5.56 Å². The van der Waals surface area contributed by atoms with Crippen LogP contribution in [0.25, 0.3) is 0 Å². The lowest BCUT2D eigenvalue weighted by Crippen LogP contribution is -2.48. The first kappa shape index (κ1) is 15.7. The molecule has 0 saturated heterocycles. The van der Waals surface area contributed by atoms with Crippen LogP contribution in [0, 0.1) is 0 Å². The summed E-state index contributed by atoms with van der Waals surface area (Å²) in [5.74, 6) is 0.410. The van der Waals surface area contributed by atoms with Crippen LogP contribution in [-0.2, 0) is 16.0 Å². The summed E-state index contributed by atoms with van der Waals surface area (Å²) in [4.78, 5) is 22.5. The van der Waals surface area contributed by atoms with E-state index in [1.54, 1.807) is 31.4 Å². The Balaban J connectivity index is 2.38. The van der Waals surface area contributed by atoms with Gasteiger partial charge in [-0.05, 0) is 29.9 Å². The molecule has 0 aliphatic heterocycles. The van der Waals surface area contributed by atoms with Crippen LogP contribution in [-0.4, -0.2) is 31.3 Å². The molecule has 0 atom stereocenters. The van der Waals surface area contributed by atoms with Crippen molar-refractivity contribution in [1.29, 1.82) is 0 Å². The Morgan fingerprint density at radius 2 is 1.80 bits per heavy atom. The molecule has 2 amide bonds. The molecule has 8 heteroatoms. The monoisotopic (exact) mass is 297 g/mol. The summed E-state index contributed by atoms with van der Waals surface area (Å²) in [6, 6.07) is 7.08. The number of rotatable bonds is 3. The third kappa shape index (κ3) is 5.53. The number of carbonyl (C=O) groups is 2. The molecule has 1 aromatic rings. The van der Waals surface area contributed by atoms with E-state index in [4.69, 9.17) is 17.0 Å². The molecule has 20 heavy (non-hydrogen) atoms. The van der Waals surface area contributed by atoms with Crippen LogP contribution in [0.1, 0.15) is 5.56 Å². The van der Waals surface area contributed by atoms with Gasteiger partial charge < -0.3 is 14.8 Å². The lowest BCUT2D eigenvalue weighted by Gasteiger charge is -2.09. The minimum absolute atomic E-state index is 0.0195. The number of benzene rings is 1. The zero-order valence-electron chi connectivity index (χ0n) is 11.1. The average Bonchev–Trinajstić information content (AvgIpc) is 2.45. The van der Waals surface area contributed by atoms with Crippen LogP contribution in [0.3, 0.4) is 0 Å². The Morgan fingerprint density at radius 1 is 1.15 bits per heavy atom. The van der Waals surface area contributed by atoms with Crippen molar-refractivity contribution in [1.82, 2.24) is 16.2 Å². The first-order valence-corrected chi connectivity index (χ1v) is 6.02. The van der Waals surface area contributed by atoms with E-state index in [0.29, 0.717) is 5.75 Å². The van der Waals surface area contributed by atoms with Gasteiger partial charge in [-0.1, -0.05) is 12.1 Å². The standard InChI is InChI=1S/C12H15N3O4S/c1-18-9-5-3-8(4-6-9)7-10(16)13-11(20)14-15-12(17)19-2/h3-6H,7H2,1-2H3,(H,15,17)(H2,13,14,16,20). The second-order valence-corrected chi connectivity index (χ2v) is 4.05. The van der Waals surface area contributed by atoms with Crippen LogP contribution in [0.4, 0.5) is 4.79 Å². The molecule has 1 rings (SSSR count). The van der Waals surface area contributed by atoms with Gasteiger partial charge in [0.25, 0.3) is 0 Å². The molecule has 0 heterocycles. The van der Waals surface area contributed by atoms with Gasteiger partial charge in [0.15, 0.2) is 5.11 Å². The van der Waals surface area contributed by atoms with E-state index in [9.17, 15) is 9.59 Å². The molecule has 0 aromatic heterocycles. The first-order chi connectivity index (χ1) is 9.55. The van der Waals surface area contributed by atoms with Gasteiger partial charge in [-0.25, -0.2) is 10.2 Å². The lowest BCUT2D eigenvalue weighted by atomic mass is 10.1. The molecule has 108 valence electrons. The highest BCUT2D eigenvalue weighted by Gasteiger charge is 2.07. The Labute approximate surface area is 121 Å². The molecule has 7 nitrogen and oxygen atoms in total. The maximum atomic E-state index is 11.7. The highest BCUT2D eigenvalue weighted by molar-refractivity contribution is 7.80. The van der Waals surface area contributed by atoms with Gasteiger partial charge in [0.2, 0.25) is 5.91 Å². The Hall–Kier alpha value is -2.35. The van der Waals surface area contributed by atoms with Gasteiger partial charge in [0, 0.05) is 0 Å². The van der Waals surface area contributed by atoms with Crippen LogP contribution in [0.2, 0.25) is 0 Å². The highest BCUT2D eigenvalue weighted by Crippen LogP contribution is 2.11. The molecule has 0 spiro atoms. The van der Waals surface area contributed by atoms with E-state index in [1.165, 1.54) is 7.11 Å². The molecule has 0 unspecified atom stereocenters. The maximum absolute atomic E-state index is 11.7. The molecule has 1 aromatic carbocycles. The fourth-order valence-corrected chi connectivity index (χ4v) is 1.45. The van der Waals surface area contributed by atoms with E-state index >= 15 is 0 Å². The van der Waals surface area contributed by atoms with Crippen molar-refractivity contribution in [3.63, 3.8) is 0 Å². The van der Waals surface area contributed by atoms with E-state index in [-0.39, 0.29) is 17.4 Å². The second-order valence-electron chi connectivity index (χ2n) is 3.64. The molecule has 0 radical (unpaired) electrons. The Kier molecular flexibility index (Phi) is 6.24. The molecular formula is C12H15N3O4S. The zero-order valence-corrected chi connectivity index (χ0v) is 11.9. The fourth-order valence-electron chi connectivity index (χ4n) is 1.29. The molecule has 0 aliphatic rings. The summed E-state index contributed by atoms with van der Waals surface area (Å²) in [7, 11) is 2.78. The van der Waals surface area contributed by atoms with Gasteiger partial charge in [-0.2, -0.15) is 0 Å². The van der Waals surface area contributed by atoms with E-state index < -0.39 is 6.09 Å². The lowest BCUT2D eigenvalue weighted by molar-refractivity contribution is -0.119. The van der Waals surface area contributed by atoms with Crippen molar-refractivity contribution in [2.45, 2.75) is 6.42 Å². The predicted octanol–water partition coefficient (Wildman–Crippen LogP) is 0.499. The van der Waals surface area contributed by atoms with E-state index in [2.05, 4.69) is 20.9 Å². The van der Waals surface area contributed by atoms with Gasteiger partial charge in [0.1, 0.15) is 5.75 Å². The summed E-state index contributed by atoms with van der Waals surface area (Å²) in [6.45, 7) is 0. The van der Waals surface area contributed by atoms with Gasteiger partial charge in [-0.15, -0.1) is 0 Å². The number of carbonyl (C=O) groups excluding carboxylic acids is 2. The second kappa shape index (κ2) is 7.95. The third-order valence-electron chi connectivity index (χ3n) is 2.24. The first-order valence-electron chi connectivity index (χ1n) is 5.62. The molecule has 0 saturated carbocycles. The summed E-state index contributed by atoms with van der Waals surface area (Å²) in [5.41, 5.74) is 5.27. The highest BCUT2D eigenvalue weighted by atomic mass is 32.1. The Bertz CT molecular complexity index is 490. The molecule has 0 aliphatic carbocycles. The minimum Gasteiger partial charge on any atom is -0.497 e. The average molecular weight is 297 g/mol. The normalized spacial score (nSPS) is 9.30. The van der Waals surface area contributed by atoms with Crippen molar-refractivity contribution in [2.75, 3.05) is 14.2 Å². The van der Waals surface area contributed by atoms with Crippen molar-refractivity contribution in [2.24, 2.45) is 0 Å². The molecule has 0 fully saturated rings. The van der Waals surface area contributed by atoms with Crippen molar-refractivity contribution in [3.8, 4) is 5.75 Å². The smallest absolute Gasteiger partial charge is 0.425 e. The summed E-state index contributed by atoms with van der Waals surface area (Å²) < 4.78 is 9.35. The predicted molar refractivity (Wildman–Crippen MR) is 76.1 cm³/mol. The van der Waals surface area contributed by atoms with Crippen LogP contribution in [0.15, 0.2) is 24.3 Å². The van der Waals surface area contributed by atoms with Gasteiger partial charge >= 0.3 is 6.09 Å². The number of hydrogen-bond acceptors (Lipinski definition) is 5. The molecular weight excluding hydrogens is 282 g/mol. The quantitative estimate of drug-likeness (QED) is 0.556. The third-order valence-corrected chi connectivity index (χ3v) is 2.44. The van der Waals surface area contributed by atoms with Crippen LogP contribution < -0.4 is 20.9 Å². The number of ether oxygens (including phenoxy) is 2. The van der Waals surface area contributed by atoms with Gasteiger partial charge in [-0.3, -0.25) is 10.2 Å². The largest absolute Gasteiger partial charge is 0.497 e. The SMILES string of the molecule is COC(=O)NNC(=S)NC(=O)Cc1ccc(OC)cc1.